The van der Waals surface area contributed by atoms with Gasteiger partial charge in [-0.2, -0.15) is 13.2 Å². The van der Waals surface area contributed by atoms with Crippen molar-refractivity contribution < 1.29 is 36.6 Å². The van der Waals surface area contributed by atoms with Crippen molar-refractivity contribution in [1.29, 1.82) is 0 Å². The molecule has 0 spiro atoms. The Morgan fingerprint density at radius 1 is 1.11 bits per heavy atom. The molecule has 2 aliphatic rings. The summed E-state index contributed by atoms with van der Waals surface area (Å²) in [5.74, 6) is -0.981. The standard InChI is InChI=1S/C26H34F4N2O4/c1-25(2,3)36-24(34)32-12-10-17(11-13-32)15-35-20-8-9-21(22(27)14-20)18-4-6-19(7-5-18)23(33)31-16-26(28,29)30/h4,8-9,14,17,19H,5-7,10-13,15-16H2,1-3H3,(H,31,33). The van der Waals surface area contributed by atoms with Crippen LogP contribution in [0.1, 0.15) is 58.4 Å². The van der Waals surface area contributed by atoms with Crippen LogP contribution in [0.25, 0.3) is 5.57 Å². The third-order valence-electron chi connectivity index (χ3n) is 6.28. The maximum Gasteiger partial charge on any atom is 0.410 e. The molecule has 1 heterocycles. The Balaban J connectivity index is 1.46. The molecule has 0 saturated carbocycles. The van der Waals surface area contributed by atoms with Crippen molar-refractivity contribution in [2.45, 2.75) is 64.7 Å². The molecule has 1 aliphatic heterocycles. The van der Waals surface area contributed by atoms with Crippen LogP contribution in [-0.2, 0) is 9.53 Å². The topological polar surface area (TPSA) is 67.9 Å². The Morgan fingerprint density at radius 3 is 2.36 bits per heavy atom. The van der Waals surface area contributed by atoms with Crippen molar-refractivity contribution in [3.63, 3.8) is 0 Å². The molecule has 10 heteroatoms. The van der Waals surface area contributed by atoms with Crippen LogP contribution in [0.15, 0.2) is 24.3 Å². The Morgan fingerprint density at radius 2 is 1.81 bits per heavy atom. The van der Waals surface area contributed by atoms with Crippen LogP contribution >= 0.6 is 0 Å². The number of amides is 2. The number of rotatable bonds is 6. The molecule has 1 aromatic carbocycles. The van der Waals surface area contributed by atoms with Gasteiger partial charge in [-0.15, -0.1) is 0 Å². The predicted octanol–water partition coefficient (Wildman–Crippen LogP) is 5.71. The van der Waals surface area contributed by atoms with Crippen molar-refractivity contribution in [1.82, 2.24) is 10.2 Å². The highest BCUT2D eigenvalue weighted by atomic mass is 19.4. The summed E-state index contributed by atoms with van der Waals surface area (Å²) in [6.07, 6.45) is -0.487. The summed E-state index contributed by atoms with van der Waals surface area (Å²) in [4.78, 5) is 25.8. The zero-order chi connectivity index (χ0) is 26.5. The molecule has 1 aliphatic carbocycles. The first kappa shape index (κ1) is 27.8. The molecule has 1 fully saturated rings. The second kappa shape index (κ2) is 11.5. The molecule has 2 amide bonds. The second-order valence-electron chi connectivity index (χ2n) is 10.4. The van der Waals surface area contributed by atoms with Crippen LogP contribution < -0.4 is 10.1 Å². The number of benzene rings is 1. The van der Waals surface area contributed by atoms with Crippen molar-refractivity contribution in [2.24, 2.45) is 11.8 Å². The minimum absolute atomic E-state index is 0.243. The molecule has 0 radical (unpaired) electrons. The zero-order valence-corrected chi connectivity index (χ0v) is 20.9. The number of alkyl halides is 3. The number of hydrogen-bond acceptors (Lipinski definition) is 4. The monoisotopic (exact) mass is 514 g/mol. The van der Waals surface area contributed by atoms with Gasteiger partial charge < -0.3 is 19.7 Å². The summed E-state index contributed by atoms with van der Waals surface area (Å²) in [6, 6.07) is 4.65. The van der Waals surface area contributed by atoms with E-state index in [-0.39, 0.29) is 18.4 Å². The number of piperidine rings is 1. The number of hydrogen-bond donors (Lipinski definition) is 1. The van der Waals surface area contributed by atoms with Gasteiger partial charge in [-0.1, -0.05) is 6.08 Å². The Kier molecular flexibility index (Phi) is 8.89. The van der Waals surface area contributed by atoms with Gasteiger partial charge in [0.15, 0.2) is 0 Å². The lowest BCUT2D eigenvalue weighted by atomic mass is 9.86. The zero-order valence-electron chi connectivity index (χ0n) is 20.9. The number of carbonyl (C=O) groups excluding carboxylic acids is 2. The first-order valence-electron chi connectivity index (χ1n) is 12.2. The number of ether oxygens (including phenoxy) is 2. The Bertz CT molecular complexity index is 964. The predicted molar refractivity (Wildman–Crippen MR) is 127 cm³/mol. The van der Waals surface area contributed by atoms with Gasteiger partial charge in [0.1, 0.15) is 23.7 Å². The lowest BCUT2D eigenvalue weighted by molar-refractivity contribution is -0.140. The van der Waals surface area contributed by atoms with Crippen LogP contribution in [0.2, 0.25) is 0 Å². The minimum Gasteiger partial charge on any atom is -0.493 e. The number of allylic oxidation sites excluding steroid dienone is 2. The van der Waals surface area contributed by atoms with Gasteiger partial charge in [0.05, 0.1) is 6.61 Å². The molecule has 1 unspecified atom stereocenters. The third-order valence-corrected chi connectivity index (χ3v) is 6.28. The normalized spacial score (nSPS) is 19.5. The lowest BCUT2D eigenvalue weighted by Crippen LogP contribution is -2.42. The van der Waals surface area contributed by atoms with E-state index in [0.717, 1.165) is 18.4 Å². The van der Waals surface area contributed by atoms with Gasteiger partial charge in [-0.05, 0) is 76.5 Å². The first-order valence-corrected chi connectivity index (χ1v) is 12.2. The quantitative estimate of drug-likeness (QED) is 0.494. The summed E-state index contributed by atoms with van der Waals surface area (Å²) < 4.78 is 62.9. The fourth-order valence-corrected chi connectivity index (χ4v) is 4.32. The molecular weight excluding hydrogens is 480 g/mol. The molecule has 1 saturated heterocycles. The van der Waals surface area contributed by atoms with Gasteiger partial charge >= 0.3 is 12.3 Å². The maximum atomic E-state index is 14.8. The molecule has 36 heavy (non-hydrogen) atoms. The fourth-order valence-electron chi connectivity index (χ4n) is 4.32. The summed E-state index contributed by atoms with van der Waals surface area (Å²) in [5, 5.41) is 1.91. The second-order valence-corrected chi connectivity index (χ2v) is 10.4. The minimum atomic E-state index is -4.45. The number of likely N-dealkylation sites (tertiary alicyclic amines) is 1. The molecule has 0 bridgehead atoms. The van der Waals surface area contributed by atoms with E-state index in [2.05, 4.69) is 0 Å². The van der Waals surface area contributed by atoms with Gasteiger partial charge in [0.2, 0.25) is 5.91 Å². The number of nitrogens with zero attached hydrogens (tertiary/aromatic N) is 1. The molecule has 1 atom stereocenters. The number of nitrogens with one attached hydrogen (secondary N) is 1. The highest BCUT2D eigenvalue weighted by molar-refractivity contribution is 5.80. The van der Waals surface area contributed by atoms with Crippen LogP contribution in [0.4, 0.5) is 22.4 Å². The maximum absolute atomic E-state index is 14.8. The fraction of sp³-hybridized carbons (Fsp3) is 0.615. The Labute approximate surface area is 209 Å². The van der Waals surface area contributed by atoms with Crippen molar-refractivity contribution in [2.75, 3.05) is 26.2 Å². The van der Waals surface area contributed by atoms with Crippen LogP contribution in [-0.4, -0.2) is 54.9 Å². The van der Waals surface area contributed by atoms with Crippen molar-refractivity contribution in [3.05, 3.63) is 35.7 Å². The van der Waals surface area contributed by atoms with E-state index >= 15 is 0 Å². The van der Waals surface area contributed by atoms with Crippen LogP contribution in [0, 0.1) is 17.7 Å². The number of carbonyl (C=O) groups is 2. The van der Waals surface area contributed by atoms with Crippen LogP contribution in [0.5, 0.6) is 5.75 Å². The molecule has 1 aromatic rings. The summed E-state index contributed by atoms with van der Waals surface area (Å²) >= 11 is 0. The average molecular weight is 515 g/mol. The molecule has 6 nitrogen and oxygen atoms in total. The first-order chi connectivity index (χ1) is 16.8. The Hall–Kier alpha value is -2.78. The molecule has 0 aromatic heterocycles. The lowest BCUT2D eigenvalue weighted by Gasteiger charge is -2.33. The van der Waals surface area contributed by atoms with E-state index in [4.69, 9.17) is 9.47 Å². The van der Waals surface area contributed by atoms with E-state index in [0.29, 0.717) is 43.9 Å². The smallest absolute Gasteiger partial charge is 0.410 e. The van der Waals surface area contributed by atoms with E-state index in [1.807, 2.05) is 26.1 Å². The highest BCUT2D eigenvalue weighted by Gasteiger charge is 2.31. The van der Waals surface area contributed by atoms with E-state index in [1.54, 1.807) is 23.1 Å². The van der Waals surface area contributed by atoms with Gasteiger partial charge in [-0.3, -0.25) is 4.79 Å². The largest absolute Gasteiger partial charge is 0.493 e. The van der Waals surface area contributed by atoms with E-state index in [1.165, 1.54) is 6.07 Å². The summed E-state index contributed by atoms with van der Waals surface area (Å²) in [7, 11) is 0. The van der Waals surface area contributed by atoms with Gasteiger partial charge in [-0.25, -0.2) is 9.18 Å². The van der Waals surface area contributed by atoms with Crippen LogP contribution in [0.3, 0.4) is 0 Å². The van der Waals surface area contributed by atoms with Crippen molar-refractivity contribution in [3.8, 4) is 5.75 Å². The molecular formula is C26H34F4N2O4. The van der Waals surface area contributed by atoms with Gasteiger partial charge in [0.25, 0.3) is 0 Å². The molecule has 1 N–H and O–H groups in total. The molecule has 200 valence electrons. The van der Waals surface area contributed by atoms with Gasteiger partial charge in [0, 0.05) is 30.6 Å². The summed E-state index contributed by atoms with van der Waals surface area (Å²) in [5.41, 5.74) is 0.601. The van der Waals surface area contributed by atoms with E-state index < -0.39 is 36.0 Å². The highest BCUT2D eigenvalue weighted by Crippen LogP contribution is 2.33. The number of halogens is 4. The van der Waals surface area contributed by atoms with Crippen molar-refractivity contribution >= 4 is 17.6 Å². The summed E-state index contributed by atoms with van der Waals surface area (Å²) in [6.45, 7) is 5.73. The third kappa shape index (κ3) is 8.41. The molecule has 3 rings (SSSR count). The average Bonchev–Trinajstić information content (AvgIpc) is 2.80. The van der Waals surface area contributed by atoms with E-state index in [9.17, 15) is 27.2 Å². The SMILES string of the molecule is CC(C)(C)OC(=O)N1CCC(COc2ccc(C3=CCC(C(=O)NCC(F)(F)F)CC3)c(F)c2)CC1.